The summed E-state index contributed by atoms with van der Waals surface area (Å²) < 4.78 is 5.89. The van der Waals surface area contributed by atoms with Crippen LogP contribution in [0.4, 0.5) is 0 Å². The predicted octanol–water partition coefficient (Wildman–Crippen LogP) is 4.79. The van der Waals surface area contributed by atoms with Gasteiger partial charge in [0.05, 0.1) is 16.1 Å². The molecule has 102 valence electrons. The highest BCUT2D eigenvalue weighted by Gasteiger charge is 2.15. The van der Waals surface area contributed by atoms with Crippen molar-refractivity contribution in [3.05, 3.63) is 62.0 Å². The lowest BCUT2D eigenvalue weighted by Gasteiger charge is -2.08. The van der Waals surface area contributed by atoms with Crippen LogP contribution < -0.4 is 4.74 Å². The van der Waals surface area contributed by atoms with Gasteiger partial charge in [0.15, 0.2) is 6.29 Å². The number of hydrogen-bond donors (Lipinski definition) is 0. The van der Waals surface area contributed by atoms with Gasteiger partial charge in [0.1, 0.15) is 5.75 Å². The van der Waals surface area contributed by atoms with E-state index in [-0.39, 0.29) is 21.9 Å². The summed E-state index contributed by atoms with van der Waals surface area (Å²) in [5.41, 5.74) is 0.393. The maximum atomic E-state index is 12.0. The van der Waals surface area contributed by atoms with Crippen molar-refractivity contribution >= 4 is 51.4 Å². The zero-order valence-electron chi connectivity index (χ0n) is 9.90. The Morgan fingerprint density at radius 2 is 1.90 bits per heavy atom. The van der Waals surface area contributed by atoms with Crippen molar-refractivity contribution in [1.82, 2.24) is 0 Å². The van der Waals surface area contributed by atoms with E-state index in [1.165, 1.54) is 18.2 Å². The molecule has 6 heteroatoms. The molecule has 20 heavy (non-hydrogen) atoms. The summed E-state index contributed by atoms with van der Waals surface area (Å²) in [5.74, 6) is -0.521. The van der Waals surface area contributed by atoms with E-state index in [0.717, 1.165) is 0 Å². The minimum atomic E-state index is -0.678. The normalized spacial score (nSPS) is 10.2. The topological polar surface area (TPSA) is 43.4 Å². The van der Waals surface area contributed by atoms with E-state index in [0.29, 0.717) is 15.8 Å². The molecule has 0 aromatic heterocycles. The Labute approximate surface area is 133 Å². The van der Waals surface area contributed by atoms with Crippen LogP contribution in [0.5, 0.6) is 5.75 Å². The number of hydrogen-bond acceptors (Lipinski definition) is 3. The van der Waals surface area contributed by atoms with Gasteiger partial charge in [-0.2, -0.15) is 0 Å². The van der Waals surface area contributed by atoms with E-state index in [1.807, 2.05) is 0 Å². The van der Waals surface area contributed by atoms with Crippen LogP contribution in [0, 0.1) is 0 Å². The molecule has 0 heterocycles. The van der Waals surface area contributed by atoms with E-state index in [2.05, 4.69) is 15.9 Å². The second-order valence-corrected chi connectivity index (χ2v) is 5.57. The summed E-state index contributed by atoms with van der Waals surface area (Å²) in [6.45, 7) is 0. The van der Waals surface area contributed by atoms with Gasteiger partial charge in [-0.25, -0.2) is 4.79 Å². The van der Waals surface area contributed by atoms with Crippen LogP contribution in [-0.2, 0) is 0 Å². The lowest BCUT2D eigenvalue weighted by atomic mass is 10.2. The molecule has 0 fully saturated rings. The van der Waals surface area contributed by atoms with Crippen LogP contribution in [0.25, 0.3) is 0 Å². The number of carbonyl (C=O) groups excluding carboxylic acids is 2. The zero-order chi connectivity index (χ0) is 14.7. The highest BCUT2D eigenvalue weighted by atomic mass is 79.9. The first kappa shape index (κ1) is 15.0. The Bertz CT molecular complexity index is 686. The van der Waals surface area contributed by atoms with Crippen LogP contribution in [0.1, 0.15) is 20.7 Å². The molecule has 0 amide bonds. The Balaban J connectivity index is 2.32. The van der Waals surface area contributed by atoms with Crippen molar-refractivity contribution in [2.24, 2.45) is 0 Å². The quantitative estimate of drug-likeness (QED) is 0.441. The molecule has 2 rings (SSSR count). The van der Waals surface area contributed by atoms with E-state index in [9.17, 15) is 9.59 Å². The number of rotatable bonds is 3. The number of aldehydes is 1. The van der Waals surface area contributed by atoms with Gasteiger partial charge in [0.2, 0.25) is 0 Å². The van der Waals surface area contributed by atoms with Crippen LogP contribution >= 0.6 is 39.1 Å². The van der Waals surface area contributed by atoms with Gasteiger partial charge in [-0.05, 0) is 36.4 Å². The monoisotopic (exact) mass is 372 g/mol. The molecule has 0 aliphatic heterocycles. The Kier molecular flexibility index (Phi) is 4.81. The first-order valence-corrected chi connectivity index (χ1v) is 6.98. The minimum absolute atomic E-state index is 0.138. The third-order valence-corrected chi connectivity index (χ3v) is 3.51. The van der Waals surface area contributed by atoms with Gasteiger partial charge in [-0.1, -0.05) is 39.1 Å². The second-order valence-electron chi connectivity index (χ2n) is 3.81. The molecule has 0 saturated carbocycles. The van der Waals surface area contributed by atoms with E-state index in [1.54, 1.807) is 18.2 Å². The summed E-state index contributed by atoms with van der Waals surface area (Å²) in [6, 6.07) is 9.21. The average molecular weight is 374 g/mol. The summed E-state index contributed by atoms with van der Waals surface area (Å²) in [7, 11) is 0. The number of benzene rings is 2. The Hall–Kier alpha value is -1.36. The molecular formula is C14H7BrCl2O3. The van der Waals surface area contributed by atoms with Crippen LogP contribution in [-0.4, -0.2) is 12.3 Å². The largest absolute Gasteiger partial charge is 0.422 e. The fourth-order valence-electron chi connectivity index (χ4n) is 1.51. The van der Waals surface area contributed by atoms with E-state index >= 15 is 0 Å². The molecule has 0 aliphatic rings. The van der Waals surface area contributed by atoms with E-state index in [4.69, 9.17) is 27.9 Å². The smallest absolute Gasteiger partial charge is 0.345 e. The fraction of sp³-hybridized carbons (Fsp3) is 0. The van der Waals surface area contributed by atoms with Gasteiger partial charge < -0.3 is 4.74 Å². The standard InChI is InChI=1S/C14H7BrCl2O3/c15-9-1-4-13(8(5-9)7-18)20-14(19)11-6-10(16)2-3-12(11)17/h1-7H. The molecule has 2 aromatic rings. The summed E-state index contributed by atoms with van der Waals surface area (Å²) in [5, 5.41) is 0.594. The Morgan fingerprint density at radius 1 is 1.15 bits per heavy atom. The van der Waals surface area contributed by atoms with Crippen molar-refractivity contribution in [1.29, 1.82) is 0 Å². The molecule has 0 saturated heterocycles. The first-order valence-electron chi connectivity index (χ1n) is 5.43. The van der Waals surface area contributed by atoms with Gasteiger partial charge in [-0.15, -0.1) is 0 Å². The molecule has 0 unspecified atom stereocenters. The molecular weight excluding hydrogens is 367 g/mol. The molecule has 0 aliphatic carbocycles. The third kappa shape index (κ3) is 3.39. The third-order valence-electron chi connectivity index (χ3n) is 2.45. The summed E-state index contributed by atoms with van der Waals surface area (Å²) >= 11 is 15.0. The molecule has 0 bridgehead atoms. The van der Waals surface area contributed by atoms with Crippen LogP contribution in [0.15, 0.2) is 40.9 Å². The zero-order valence-corrected chi connectivity index (χ0v) is 13.0. The molecule has 0 N–H and O–H groups in total. The summed E-state index contributed by atoms with van der Waals surface area (Å²) in [4.78, 5) is 23.0. The molecule has 3 nitrogen and oxygen atoms in total. The highest BCUT2D eigenvalue weighted by molar-refractivity contribution is 9.10. The van der Waals surface area contributed by atoms with Crippen LogP contribution in [0.2, 0.25) is 10.0 Å². The fourth-order valence-corrected chi connectivity index (χ4v) is 2.26. The van der Waals surface area contributed by atoms with Crippen molar-refractivity contribution in [2.45, 2.75) is 0 Å². The van der Waals surface area contributed by atoms with Gasteiger partial charge in [0.25, 0.3) is 0 Å². The van der Waals surface area contributed by atoms with Crippen molar-refractivity contribution in [3.63, 3.8) is 0 Å². The Morgan fingerprint density at radius 3 is 2.60 bits per heavy atom. The van der Waals surface area contributed by atoms with Crippen molar-refractivity contribution in [3.8, 4) is 5.75 Å². The second kappa shape index (κ2) is 6.39. The van der Waals surface area contributed by atoms with Crippen molar-refractivity contribution < 1.29 is 14.3 Å². The molecule has 0 spiro atoms. The van der Waals surface area contributed by atoms with Crippen molar-refractivity contribution in [2.75, 3.05) is 0 Å². The van der Waals surface area contributed by atoms with Gasteiger partial charge >= 0.3 is 5.97 Å². The van der Waals surface area contributed by atoms with Crippen LogP contribution in [0.3, 0.4) is 0 Å². The molecule has 0 atom stereocenters. The predicted molar refractivity (Wildman–Crippen MR) is 81.0 cm³/mol. The lowest BCUT2D eigenvalue weighted by Crippen LogP contribution is -2.10. The number of esters is 1. The maximum absolute atomic E-state index is 12.0. The first-order chi connectivity index (χ1) is 9.51. The van der Waals surface area contributed by atoms with Gasteiger partial charge in [0, 0.05) is 9.50 Å². The lowest BCUT2D eigenvalue weighted by molar-refractivity contribution is 0.0733. The molecule has 0 radical (unpaired) electrons. The molecule has 2 aromatic carbocycles. The van der Waals surface area contributed by atoms with E-state index < -0.39 is 5.97 Å². The maximum Gasteiger partial charge on any atom is 0.345 e. The highest BCUT2D eigenvalue weighted by Crippen LogP contribution is 2.25. The number of ether oxygens (including phenoxy) is 1. The minimum Gasteiger partial charge on any atom is -0.422 e. The SMILES string of the molecule is O=Cc1cc(Br)ccc1OC(=O)c1cc(Cl)ccc1Cl. The number of carbonyl (C=O) groups is 2. The number of halogens is 3. The van der Waals surface area contributed by atoms with Gasteiger partial charge in [-0.3, -0.25) is 4.79 Å². The average Bonchev–Trinajstić information content (AvgIpc) is 2.43. The summed E-state index contributed by atoms with van der Waals surface area (Å²) in [6.07, 6.45) is 0.604.